The average molecular weight is 351 g/mol. The Labute approximate surface area is 146 Å². The third-order valence-corrected chi connectivity index (χ3v) is 4.10. The fourth-order valence-electron chi connectivity index (χ4n) is 2.59. The van der Waals surface area contributed by atoms with E-state index in [9.17, 15) is 14.7 Å². The number of ether oxygens (including phenoxy) is 1. The van der Waals surface area contributed by atoms with Crippen molar-refractivity contribution < 1.29 is 19.4 Å². The number of benzene rings is 1. The molecular formula is C16H21N3O4S. The molecule has 2 amide bonds. The number of aryl methyl sites for hydroxylation is 1. The number of thiocarbonyl (C=S) groups is 1. The van der Waals surface area contributed by atoms with E-state index in [1.54, 1.807) is 24.9 Å². The average Bonchev–Trinajstić information content (AvgIpc) is 2.61. The van der Waals surface area contributed by atoms with Gasteiger partial charge in [-0.15, -0.1) is 0 Å². The Morgan fingerprint density at radius 2 is 2.21 bits per heavy atom. The second-order valence-corrected chi connectivity index (χ2v) is 6.04. The van der Waals surface area contributed by atoms with Crippen LogP contribution in [0.4, 0.5) is 16.2 Å². The maximum absolute atomic E-state index is 12.2. The van der Waals surface area contributed by atoms with E-state index in [1.807, 2.05) is 6.92 Å². The highest BCUT2D eigenvalue weighted by Gasteiger charge is 2.26. The maximum atomic E-state index is 12.2. The zero-order valence-electron chi connectivity index (χ0n) is 13.9. The number of carbonyl (C=O) groups is 2. The van der Waals surface area contributed by atoms with Gasteiger partial charge in [0.2, 0.25) is 5.91 Å². The van der Waals surface area contributed by atoms with Gasteiger partial charge in [-0.05, 0) is 43.6 Å². The van der Waals surface area contributed by atoms with E-state index < -0.39 is 6.09 Å². The number of fused-ring (bicyclic) bond motifs is 1. The van der Waals surface area contributed by atoms with Crippen LogP contribution in [-0.4, -0.2) is 35.9 Å². The van der Waals surface area contributed by atoms with E-state index in [0.717, 1.165) is 12.0 Å². The van der Waals surface area contributed by atoms with Crippen molar-refractivity contribution in [3.05, 3.63) is 17.7 Å². The number of anilines is 2. The number of nitrogens with one attached hydrogen (secondary N) is 2. The van der Waals surface area contributed by atoms with Crippen LogP contribution in [0.25, 0.3) is 0 Å². The van der Waals surface area contributed by atoms with Crippen molar-refractivity contribution in [3.8, 4) is 5.75 Å². The molecule has 1 aliphatic heterocycles. The minimum absolute atomic E-state index is 0.0216. The normalized spacial score (nSPS) is 16.9. The van der Waals surface area contributed by atoms with Crippen LogP contribution in [0, 0.1) is 5.92 Å². The summed E-state index contributed by atoms with van der Waals surface area (Å²) >= 11 is 5.03. The van der Waals surface area contributed by atoms with Crippen LogP contribution < -0.4 is 15.5 Å². The van der Waals surface area contributed by atoms with Crippen molar-refractivity contribution >= 4 is 40.7 Å². The highest BCUT2D eigenvalue weighted by Crippen LogP contribution is 2.36. The third kappa shape index (κ3) is 3.94. The van der Waals surface area contributed by atoms with E-state index in [4.69, 9.17) is 17.0 Å². The lowest BCUT2D eigenvalue weighted by molar-refractivity contribution is -0.121. The van der Waals surface area contributed by atoms with Gasteiger partial charge in [0.25, 0.3) is 0 Å². The Bertz CT molecular complexity index is 678. The van der Waals surface area contributed by atoms with Crippen LogP contribution in [0.15, 0.2) is 12.1 Å². The van der Waals surface area contributed by atoms with Crippen molar-refractivity contribution in [1.29, 1.82) is 0 Å². The molecule has 3 N–H and O–H groups in total. The first-order chi connectivity index (χ1) is 11.3. The van der Waals surface area contributed by atoms with E-state index in [2.05, 4.69) is 10.6 Å². The first-order valence-corrected chi connectivity index (χ1v) is 8.12. The van der Waals surface area contributed by atoms with Crippen molar-refractivity contribution in [2.75, 3.05) is 23.9 Å². The second-order valence-electron chi connectivity index (χ2n) is 5.63. The van der Waals surface area contributed by atoms with Crippen molar-refractivity contribution in [1.82, 2.24) is 5.32 Å². The van der Waals surface area contributed by atoms with Crippen molar-refractivity contribution in [2.24, 2.45) is 5.92 Å². The smallest absolute Gasteiger partial charge is 0.413 e. The number of alkyl carbamates (subject to hydrolysis) is 1. The molecule has 1 unspecified atom stereocenters. The van der Waals surface area contributed by atoms with E-state index in [1.165, 1.54) is 6.07 Å². The summed E-state index contributed by atoms with van der Waals surface area (Å²) in [7, 11) is 1.70. The lowest BCUT2D eigenvalue weighted by atomic mass is 10.0. The summed E-state index contributed by atoms with van der Waals surface area (Å²) < 4.78 is 4.74. The summed E-state index contributed by atoms with van der Waals surface area (Å²) in [6, 6.07) is 3.27. The predicted molar refractivity (Wildman–Crippen MR) is 95.4 cm³/mol. The van der Waals surface area contributed by atoms with E-state index >= 15 is 0 Å². The molecule has 0 radical (unpaired) electrons. The van der Waals surface area contributed by atoms with Gasteiger partial charge in [-0.1, -0.05) is 6.92 Å². The fraction of sp³-hybridized carbons (Fsp3) is 0.438. The predicted octanol–water partition coefficient (Wildman–Crippen LogP) is 2.38. The summed E-state index contributed by atoms with van der Waals surface area (Å²) in [6.07, 6.45) is 0.773. The molecule has 0 fully saturated rings. The quantitative estimate of drug-likeness (QED) is 0.560. The number of rotatable bonds is 2. The molecule has 1 aromatic carbocycles. The van der Waals surface area contributed by atoms with Gasteiger partial charge in [0.1, 0.15) is 5.75 Å². The lowest BCUT2D eigenvalue weighted by Gasteiger charge is -2.21. The van der Waals surface area contributed by atoms with Gasteiger partial charge in [-0.25, -0.2) is 4.79 Å². The van der Waals surface area contributed by atoms with Gasteiger partial charge in [-0.2, -0.15) is 0 Å². The molecule has 0 saturated heterocycles. The first-order valence-electron chi connectivity index (χ1n) is 7.71. The summed E-state index contributed by atoms with van der Waals surface area (Å²) in [4.78, 5) is 25.1. The molecule has 1 aromatic rings. The number of nitrogens with zero attached hydrogens (tertiary/aromatic N) is 1. The number of hydrogen-bond acceptors (Lipinski definition) is 5. The van der Waals surface area contributed by atoms with Crippen LogP contribution in [0.3, 0.4) is 0 Å². The molecule has 1 heterocycles. The number of aromatic hydroxyl groups is 1. The molecule has 24 heavy (non-hydrogen) atoms. The van der Waals surface area contributed by atoms with Crippen molar-refractivity contribution in [3.63, 3.8) is 0 Å². The largest absolute Gasteiger partial charge is 0.506 e. The number of amides is 2. The molecule has 130 valence electrons. The van der Waals surface area contributed by atoms with Gasteiger partial charge in [0.05, 0.1) is 18.0 Å². The van der Waals surface area contributed by atoms with Gasteiger partial charge >= 0.3 is 6.09 Å². The van der Waals surface area contributed by atoms with Crippen LogP contribution >= 0.6 is 12.2 Å². The monoisotopic (exact) mass is 351 g/mol. The van der Waals surface area contributed by atoms with Crippen molar-refractivity contribution in [2.45, 2.75) is 26.7 Å². The van der Waals surface area contributed by atoms with Crippen LogP contribution in [0.2, 0.25) is 0 Å². The molecule has 1 atom stereocenters. The zero-order valence-corrected chi connectivity index (χ0v) is 14.7. The number of phenols is 1. The van der Waals surface area contributed by atoms with Crippen LogP contribution in [0.5, 0.6) is 5.75 Å². The summed E-state index contributed by atoms with van der Waals surface area (Å²) in [6.45, 7) is 3.81. The highest BCUT2D eigenvalue weighted by atomic mass is 32.1. The van der Waals surface area contributed by atoms with Crippen LogP contribution in [0.1, 0.15) is 25.8 Å². The SMILES string of the molecule is CCOC(=O)NC(=S)Nc1cc2c(cc1O)N(C)C(=O)C(C)CC2. The number of hydrogen-bond donors (Lipinski definition) is 3. The van der Waals surface area contributed by atoms with E-state index in [0.29, 0.717) is 17.8 Å². The molecule has 0 aliphatic carbocycles. The maximum Gasteiger partial charge on any atom is 0.413 e. The topological polar surface area (TPSA) is 90.9 Å². The molecule has 0 bridgehead atoms. The number of carbonyl (C=O) groups excluding carboxylic acids is 2. The molecule has 0 aromatic heterocycles. The molecule has 0 saturated carbocycles. The summed E-state index contributed by atoms with van der Waals surface area (Å²) in [5.74, 6) is -0.114. The first kappa shape index (κ1) is 18.0. The zero-order chi connectivity index (χ0) is 17.9. The molecule has 7 nitrogen and oxygen atoms in total. The summed E-state index contributed by atoms with van der Waals surface area (Å²) in [5.41, 5.74) is 1.97. The molecule has 2 rings (SSSR count). The van der Waals surface area contributed by atoms with Crippen LogP contribution in [-0.2, 0) is 16.0 Å². The molecular weight excluding hydrogens is 330 g/mol. The molecule has 1 aliphatic rings. The van der Waals surface area contributed by atoms with Gasteiger partial charge < -0.3 is 20.1 Å². The van der Waals surface area contributed by atoms with Gasteiger partial charge in [-0.3, -0.25) is 10.1 Å². The van der Waals surface area contributed by atoms with Gasteiger partial charge in [0, 0.05) is 19.0 Å². The standard InChI is InChI=1S/C16H21N3O4S/c1-4-23-16(22)18-15(24)17-11-7-10-6-5-9(2)14(21)19(3)12(10)8-13(11)20/h7-9,20H,4-6H2,1-3H3,(H2,17,18,22,24). The van der Waals surface area contributed by atoms with E-state index in [-0.39, 0.29) is 29.3 Å². The molecule has 8 heteroatoms. The summed E-state index contributed by atoms with van der Waals surface area (Å²) in [5, 5.41) is 15.4. The highest BCUT2D eigenvalue weighted by molar-refractivity contribution is 7.80. The minimum atomic E-state index is -0.664. The Morgan fingerprint density at radius 1 is 1.50 bits per heavy atom. The minimum Gasteiger partial charge on any atom is -0.506 e. The Kier molecular flexibility index (Phi) is 5.61. The Balaban J connectivity index is 2.21. The fourth-order valence-corrected chi connectivity index (χ4v) is 2.79. The van der Waals surface area contributed by atoms with Gasteiger partial charge in [0.15, 0.2) is 5.11 Å². The Morgan fingerprint density at radius 3 is 2.88 bits per heavy atom. The number of phenolic OH excluding ortho intramolecular Hbond substituents is 1. The third-order valence-electron chi connectivity index (χ3n) is 3.90. The Hall–Kier alpha value is -2.35. The molecule has 0 spiro atoms. The lowest BCUT2D eigenvalue weighted by Crippen LogP contribution is -2.34. The second kappa shape index (κ2) is 7.48.